The van der Waals surface area contributed by atoms with Gasteiger partial charge in [-0.05, 0) is 42.5 Å². The molecule has 30 heavy (non-hydrogen) atoms. The van der Waals surface area contributed by atoms with Gasteiger partial charge in [-0.1, -0.05) is 42.5 Å². The summed E-state index contributed by atoms with van der Waals surface area (Å²) in [6.07, 6.45) is 4.16. The standard InChI is InChI=1S/C25H28N2O3/c1-2-13-27-23-10-6-5-9-22(23)24(15-25(27)29)30-17-21(28)16-26-20-12-11-18-7-3-4-8-19(18)14-20/h2-10,15,20-21,26,28H,1,11-14,16-17H2. The molecule has 0 amide bonds. The number of hydrogen-bond donors (Lipinski definition) is 2. The number of aryl methyl sites for hydroxylation is 1. The molecule has 2 aromatic carbocycles. The number of aliphatic hydroxyl groups is 1. The van der Waals surface area contributed by atoms with Crippen molar-refractivity contribution in [1.82, 2.24) is 9.88 Å². The van der Waals surface area contributed by atoms with Gasteiger partial charge in [0.25, 0.3) is 5.56 Å². The summed E-state index contributed by atoms with van der Waals surface area (Å²) in [6.45, 7) is 4.75. The van der Waals surface area contributed by atoms with E-state index in [2.05, 4.69) is 36.2 Å². The van der Waals surface area contributed by atoms with Gasteiger partial charge < -0.3 is 19.7 Å². The van der Waals surface area contributed by atoms with E-state index in [9.17, 15) is 9.90 Å². The van der Waals surface area contributed by atoms with E-state index in [1.807, 2.05) is 24.3 Å². The van der Waals surface area contributed by atoms with Gasteiger partial charge in [0.2, 0.25) is 0 Å². The number of aromatic nitrogens is 1. The number of nitrogens with one attached hydrogen (secondary N) is 1. The van der Waals surface area contributed by atoms with Crippen LogP contribution in [0.15, 0.2) is 72.0 Å². The number of nitrogens with zero attached hydrogens (tertiary/aromatic N) is 1. The SMILES string of the molecule is C=CCn1c(=O)cc(OCC(O)CNC2CCc3ccccc3C2)c2ccccc21. The van der Waals surface area contributed by atoms with Crippen LogP contribution in [0.5, 0.6) is 5.75 Å². The maximum atomic E-state index is 12.5. The summed E-state index contributed by atoms with van der Waals surface area (Å²) >= 11 is 0. The van der Waals surface area contributed by atoms with Crippen molar-refractivity contribution < 1.29 is 9.84 Å². The smallest absolute Gasteiger partial charge is 0.255 e. The monoisotopic (exact) mass is 404 g/mol. The highest BCUT2D eigenvalue weighted by Crippen LogP contribution is 2.24. The van der Waals surface area contributed by atoms with Crippen LogP contribution in [-0.4, -0.2) is 35.0 Å². The van der Waals surface area contributed by atoms with Gasteiger partial charge in [-0.25, -0.2) is 0 Å². The van der Waals surface area contributed by atoms with Gasteiger partial charge in [-0.2, -0.15) is 0 Å². The molecule has 1 aromatic heterocycles. The molecule has 4 rings (SSSR count). The van der Waals surface area contributed by atoms with Crippen molar-refractivity contribution in [1.29, 1.82) is 0 Å². The van der Waals surface area contributed by atoms with Crippen LogP contribution in [0.1, 0.15) is 17.5 Å². The topological polar surface area (TPSA) is 63.5 Å². The van der Waals surface area contributed by atoms with E-state index < -0.39 is 6.10 Å². The third-order valence-corrected chi connectivity index (χ3v) is 5.71. The fourth-order valence-electron chi connectivity index (χ4n) is 4.16. The maximum absolute atomic E-state index is 12.5. The van der Waals surface area contributed by atoms with Gasteiger partial charge in [0.1, 0.15) is 18.5 Å². The van der Waals surface area contributed by atoms with Gasteiger partial charge in [-0.15, -0.1) is 6.58 Å². The molecule has 0 aliphatic heterocycles. The van der Waals surface area contributed by atoms with Crippen LogP contribution in [0.25, 0.3) is 10.9 Å². The lowest BCUT2D eigenvalue weighted by atomic mass is 9.88. The highest BCUT2D eigenvalue weighted by Gasteiger charge is 2.19. The number of rotatable bonds is 8. The summed E-state index contributed by atoms with van der Waals surface area (Å²) < 4.78 is 7.52. The minimum absolute atomic E-state index is 0.130. The molecule has 0 saturated carbocycles. The van der Waals surface area contributed by atoms with Crippen molar-refractivity contribution in [2.45, 2.75) is 38.0 Å². The average Bonchev–Trinajstić information content (AvgIpc) is 2.78. The Morgan fingerprint density at radius 3 is 2.80 bits per heavy atom. The highest BCUT2D eigenvalue weighted by atomic mass is 16.5. The second kappa shape index (κ2) is 9.28. The van der Waals surface area contributed by atoms with Crippen molar-refractivity contribution in [3.05, 3.63) is 88.7 Å². The molecule has 5 heteroatoms. The zero-order valence-electron chi connectivity index (χ0n) is 17.1. The number of hydrogen-bond acceptors (Lipinski definition) is 4. The molecule has 3 aromatic rings. The minimum atomic E-state index is -0.656. The summed E-state index contributed by atoms with van der Waals surface area (Å²) in [5.74, 6) is 0.501. The average molecular weight is 405 g/mol. The minimum Gasteiger partial charge on any atom is -0.490 e. The van der Waals surface area contributed by atoms with E-state index in [0.717, 1.165) is 30.2 Å². The van der Waals surface area contributed by atoms with Gasteiger partial charge in [-0.3, -0.25) is 4.79 Å². The lowest BCUT2D eigenvalue weighted by Gasteiger charge is -2.26. The molecule has 156 valence electrons. The van der Waals surface area contributed by atoms with Gasteiger partial charge in [0.15, 0.2) is 0 Å². The largest absolute Gasteiger partial charge is 0.490 e. The fourth-order valence-corrected chi connectivity index (χ4v) is 4.16. The van der Waals surface area contributed by atoms with Crippen LogP contribution in [0, 0.1) is 0 Å². The Labute approximate surface area is 176 Å². The van der Waals surface area contributed by atoms with Crippen LogP contribution in [0.4, 0.5) is 0 Å². The van der Waals surface area contributed by atoms with E-state index >= 15 is 0 Å². The third kappa shape index (κ3) is 4.48. The van der Waals surface area contributed by atoms with Crippen LogP contribution >= 0.6 is 0 Å². The normalized spacial score (nSPS) is 16.8. The van der Waals surface area contributed by atoms with E-state index in [4.69, 9.17) is 4.74 Å². The van der Waals surface area contributed by atoms with Crippen molar-refractivity contribution in [3.8, 4) is 5.75 Å². The molecule has 1 aliphatic carbocycles. The first kappa shape index (κ1) is 20.4. The first-order chi connectivity index (χ1) is 14.7. The number of pyridine rings is 1. The van der Waals surface area contributed by atoms with Crippen LogP contribution in [-0.2, 0) is 19.4 Å². The molecule has 0 saturated heterocycles. The van der Waals surface area contributed by atoms with Crippen molar-refractivity contribution in [2.75, 3.05) is 13.2 Å². The molecule has 0 fully saturated rings. The fraction of sp³-hybridized carbons (Fsp3) is 0.320. The molecule has 2 N–H and O–H groups in total. The summed E-state index contributed by atoms with van der Waals surface area (Å²) in [6, 6.07) is 18.0. The molecule has 5 nitrogen and oxygen atoms in total. The number of aliphatic hydroxyl groups excluding tert-OH is 1. The summed E-state index contributed by atoms with van der Waals surface area (Å²) in [4.78, 5) is 12.5. The van der Waals surface area contributed by atoms with Crippen molar-refractivity contribution in [2.24, 2.45) is 0 Å². The van der Waals surface area contributed by atoms with Crippen molar-refractivity contribution >= 4 is 10.9 Å². The van der Waals surface area contributed by atoms with Crippen LogP contribution in [0.2, 0.25) is 0 Å². The van der Waals surface area contributed by atoms with E-state index in [1.54, 1.807) is 10.6 Å². The number of ether oxygens (including phenoxy) is 1. The van der Waals surface area contributed by atoms with Gasteiger partial charge in [0, 0.05) is 30.6 Å². The second-order valence-corrected chi connectivity index (χ2v) is 7.84. The van der Waals surface area contributed by atoms with Crippen LogP contribution < -0.4 is 15.6 Å². The number of para-hydroxylation sites is 1. The molecule has 0 radical (unpaired) electrons. The van der Waals surface area contributed by atoms with Gasteiger partial charge in [0.05, 0.1) is 5.52 Å². The second-order valence-electron chi connectivity index (χ2n) is 7.84. The first-order valence-electron chi connectivity index (χ1n) is 10.5. The van der Waals surface area contributed by atoms with E-state index in [1.165, 1.54) is 17.2 Å². The zero-order valence-corrected chi connectivity index (χ0v) is 17.1. The predicted molar refractivity (Wildman–Crippen MR) is 120 cm³/mol. The summed E-state index contributed by atoms with van der Waals surface area (Å²) in [7, 11) is 0. The molecule has 2 atom stereocenters. The Bertz CT molecular complexity index is 1090. The lowest BCUT2D eigenvalue weighted by Crippen LogP contribution is -2.40. The number of allylic oxidation sites excluding steroid dienone is 1. The molecular weight excluding hydrogens is 376 g/mol. The molecule has 2 unspecified atom stereocenters. The van der Waals surface area contributed by atoms with Crippen LogP contribution in [0.3, 0.4) is 0 Å². The zero-order chi connectivity index (χ0) is 20.9. The maximum Gasteiger partial charge on any atom is 0.255 e. The highest BCUT2D eigenvalue weighted by molar-refractivity contribution is 5.85. The summed E-state index contributed by atoms with van der Waals surface area (Å²) in [5, 5.41) is 14.7. The Balaban J connectivity index is 1.37. The molecule has 1 aliphatic rings. The number of benzene rings is 2. The van der Waals surface area contributed by atoms with Crippen molar-refractivity contribution in [3.63, 3.8) is 0 Å². The Morgan fingerprint density at radius 2 is 1.97 bits per heavy atom. The molecule has 1 heterocycles. The molecule has 0 bridgehead atoms. The third-order valence-electron chi connectivity index (χ3n) is 5.71. The van der Waals surface area contributed by atoms with E-state index in [0.29, 0.717) is 24.9 Å². The Kier molecular flexibility index (Phi) is 6.31. The Hall–Kier alpha value is -2.89. The Morgan fingerprint density at radius 1 is 1.20 bits per heavy atom. The first-order valence-corrected chi connectivity index (χ1v) is 10.5. The predicted octanol–water partition coefficient (Wildman–Crippen LogP) is 3.07. The molecular formula is C25H28N2O3. The van der Waals surface area contributed by atoms with E-state index in [-0.39, 0.29) is 12.2 Å². The lowest BCUT2D eigenvalue weighted by molar-refractivity contribution is 0.103. The number of fused-ring (bicyclic) bond motifs is 2. The quantitative estimate of drug-likeness (QED) is 0.567. The molecule has 0 spiro atoms. The van der Waals surface area contributed by atoms with Gasteiger partial charge >= 0.3 is 0 Å². The summed E-state index contributed by atoms with van der Waals surface area (Å²) in [5.41, 5.74) is 3.47.